The van der Waals surface area contributed by atoms with Crippen molar-refractivity contribution in [3.63, 3.8) is 0 Å². The van der Waals surface area contributed by atoms with Crippen molar-refractivity contribution >= 4 is 28.1 Å². The second-order valence-electron chi connectivity index (χ2n) is 5.97. The number of hydrogen-bond acceptors (Lipinski definition) is 5. The van der Waals surface area contributed by atoms with E-state index in [0.717, 1.165) is 56.0 Å². The smallest absolute Gasteiger partial charge is 0.186 e. The molecule has 2 aliphatic rings. The van der Waals surface area contributed by atoms with Crippen LogP contribution in [-0.2, 0) is 11.3 Å². The van der Waals surface area contributed by atoms with E-state index in [4.69, 9.17) is 21.3 Å². The summed E-state index contributed by atoms with van der Waals surface area (Å²) in [5.41, 5.74) is 2.54. The number of nitrogens with one attached hydrogen (secondary N) is 1. The zero-order valence-electron chi connectivity index (χ0n) is 12.9. The molecule has 3 heterocycles. The summed E-state index contributed by atoms with van der Waals surface area (Å²) in [6.45, 7) is 5.40. The van der Waals surface area contributed by atoms with E-state index in [1.165, 1.54) is 16.1 Å². The van der Waals surface area contributed by atoms with Crippen LogP contribution in [0.1, 0.15) is 28.5 Å². The molecule has 0 spiro atoms. The molecule has 1 N–H and O–H groups in total. The van der Waals surface area contributed by atoms with Crippen LogP contribution in [0.15, 0.2) is 24.3 Å². The van der Waals surface area contributed by atoms with Crippen LogP contribution in [0, 0.1) is 0 Å². The minimum Gasteiger partial charge on any atom is -0.378 e. The fourth-order valence-electron chi connectivity index (χ4n) is 3.24. The molecule has 0 amide bonds. The summed E-state index contributed by atoms with van der Waals surface area (Å²) in [4.78, 5) is 8.74. The molecule has 2 aromatic rings. The van der Waals surface area contributed by atoms with Crippen LogP contribution < -0.4 is 10.2 Å². The lowest BCUT2D eigenvalue weighted by Crippen LogP contribution is -2.36. The summed E-state index contributed by atoms with van der Waals surface area (Å²) in [5, 5.41) is 5.46. The molecule has 1 aromatic heterocycles. The van der Waals surface area contributed by atoms with E-state index in [-0.39, 0.29) is 0 Å². The molecule has 2 aliphatic heterocycles. The van der Waals surface area contributed by atoms with Crippen LogP contribution in [0.5, 0.6) is 0 Å². The largest absolute Gasteiger partial charge is 0.378 e. The van der Waals surface area contributed by atoms with Crippen LogP contribution in [0.25, 0.3) is 0 Å². The fourth-order valence-corrected chi connectivity index (χ4v) is 4.51. The molecule has 0 bridgehead atoms. The molecule has 122 valence electrons. The third-order valence-corrected chi connectivity index (χ3v) is 5.88. The lowest BCUT2D eigenvalue weighted by molar-refractivity contribution is 0.122. The maximum absolute atomic E-state index is 6.04. The van der Waals surface area contributed by atoms with Crippen molar-refractivity contribution < 1.29 is 4.74 Å². The van der Waals surface area contributed by atoms with Crippen molar-refractivity contribution in [2.45, 2.75) is 18.9 Å². The third-order valence-electron chi connectivity index (χ3n) is 4.50. The van der Waals surface area contributed by atoms with E-state index in [0.29, 0.717) is 5.92 Å². The van der Waals surface area contributed by atoms with Gasteiger partial charge in [-0.3, -0.25) is 0 Å². The highest BCUT2D eigenvalue weighted by Crippen LogP contribution is 2.37. The average Bonchev–Trinajstić information content (AvgIpc) is 2.91. The molecule has 0 saturated carbocycles. The van der Waals surface area contributed by atoms with Crippen molar-refractivity contribution in [3.05, 3.63) is 45.4 Å². The highest BCUT2D eigenvalue weighted by Gasteiger charge is 2.26. The van der Waals surface area contributed by atoms with Crippen LogP contribution in [-0.4, -0.2) is 37.8 Å². The number of aromatic nitrogens is 1. The molecular formula is C17H20ClN3OS. The Labute approximate surface area is 145 Å². The van der Waals surface area contributed by atoms with Gasteiger partial charge in [-0.15, -0.1) is 11.3 Å². The van der Waals surface area contributed by atoms with Gasteiger partial charge in [-0.05, 0) is 30.7 Å². The molecule has 1 fully saturated rings. The second kappa shape index (κ2) is 6.77. The van der Waals surface area contributed by atoms with E-state index in [1.54, 1.807) is 0 Å². The van der Waals surface area contributed by atoms with E-state index in [1.807, 2.05) is 23.5 Å². The number of ether oxygens (including phenoxy) is 1. The predicted molar refractivity (Wildman–Crippen MR) is 94.8 cm³/mol. The first-order chi connectivity index (χ1) is 11.3. The molecule has 1 unspecified atom stereocenters. The minimum atomic E-state index is 0.350. The normalized spacial score (nSPS) is 21.8. The molecule has 0 aliphatic carbocycles. The lowest BCUT2D eigenvalue weighted by atomic mass is 9.92. The van der Waals surface area contributed by atoms with Crippen LogP contribution >= 0.6 is 22.9 Å². The van der Waals surface area contributed by atoms with Crippen molar-refractivity contribution in [1.82, 2.24) is 10.3 Å². The maximum atomic E-state index is 6.04. The SMILES string of the molecule is Clc1ccc(C2CCNCc3sc(N4CCOCC4)nc32)cc1. The van der Waals surface area contributed by atoms with Gasteiger partial charge in [0.2, 0.25) is 0 Å². The fraction of sp³-hybridized carbons (Fsp3) is 0.471. The lowest BCUT2D eigenvalue weighted by Gasteiger charge is -2.26. The molecule has 23 heavy (non-hydrogen) atoms. The number of rotatable bonds is 2. The number of morpholine rings is 1. The first-order valence-electron chi connectivity index (χ1n) is 8.10. The van der Waals surface area contributed by atoms with Gasteiger partial charge in [-0.25, -0.2) is 4.98 Å². The van der Waals surface area contributed by atoms with Gasteiger partial charge in [0.25, 0.3) is 0 Å². The molecule has 1 saturated heterocycles. The third kappa shape index (κ3) is 3.24. The summed E-state index contributed by atoms with van der Waals surface area (Å²) in [7, 11) is 0. The second-order valence-corrected chi connectivity index (χ2v) is 7.47. The Bertz CT molecular complexity index is 667. The summed E-state index contributed by atoms with van der Waals surface area (Å²) < 4.78 is 5.46. The molecule has 4 rings (SSSR count). The quantitative estimate of drug-likeness (QED) is 0.903. The van der Waals surface area contributed by atoms with Crippen molar-refractivity contribution in [3.8, 4) is 0 Å². The van der Waals surface area contributed by atoms with E-state index >= 15 is 0 Å². The standard InChI is InChI=1S/C17H20ClN3OS/c18-13-3-1-12(2-4-13)14-5-6-19-11-15-16(14)20-17(23-15)21-7-9-22-10-8-21/h1-4,14,19H,5-11H2. The molecule has 0 radical (unpaired) electrons. The Morgan fingerprint density at radius 2 is 2.00 bits per heavy atom. The van der Waals surface area contributed by atoms with Crippen LogP contribution in [0.4, 0.5) is 5.13 Å². The molecular weight excluding hydrogens is 330 g/mol. The Hall–Kier alpha value is -1.14. The zero-order chi connectivity index (χ0) is 15.6. The van der Waals surface area contributed by atoms with Crippen LogP contribution in [0.3, 0.4) is 0 Å². The zero-order valence-corrected chi connectivity index (χ0v) is 14.5. The summed E-state index contributed by atoms with van der Waals surface area (Å²) in [6, 6.07) is 8.22. The summed E-state index contributed by atoms with van der Waals surface area (Å²) >= 11 is 7.87. The molecule has 6 heteroatoms. The Morgan fingerprint density at radius 3 is 2.78 bits per heavy atom. The van der Waals surface area contributed by atoms with E-state index in [9.17, 15) is 0 Å². The van der Waals surface area contributed by atoms with Crippen molar-refractivity contribution in [2.24, 2.45) is 0 Å². The Kier molecular flexibility index (Phi) is 4.53. The van der Waals surface area contributed by atoms with Gasteiger partial charge in [0, 0.05) is 35.5 Å². The van der Waals surface area contributed by atoms with E-state index in [2.05, 4.69) is 22.3 Å². The number of benzene rings is 1. The van der Waals surface area contributed by atoms with Gasteiger partial charge in [0.15, 0.2) is 5.13 Å². The summed E-state index contributed by atoms with van der Waals surface area (Å²) in [5.74, 6) is 0.350. The monoisotopic (exact) mass is 349 g/mol. The number of fused-ring (bicyclic) bond motifs is 1. The Morgan fingerprint density at radius 1 is 1.22 bits per heavy atom. The number of thiazole rings is 1. The minimum absolute atomic E-state index is 0.350. The molecule has 1 aromatic carbocycles. The van der Waals surface area contributed by atoms with E-state index < -0.39 is 0 Å². The maximum Gasteiger partial charge on any atom is 0.186 e. The predicted octanol–water partition coefficient (Wildman–Crippen LogP) is 3.26. The highest BCUT2D eigenvalue weighted by molar-refractivity contribution is 7.15. The average molecular weight is 350 g/mol. The van der Waals surface area contributed by atoms with Gasteiger partial charge in [-0.2, -0.15) is 0 Å². The van der Waals surface area contributed by atoms with Crippen molar-refractivity contribution in [1.29, 1.82) is 0 Å². The van der Waals surface area contributed by atoms with Crippen molar-refractivity contribution in [2.75, 3.05) is 37.7 Å². The van der Waals surface area contributed by atoms with Gasteiger partial charge in [-0.1, -0.05) is 23.7 Å². The number of nitrogens with zero attached hydrogens (tertiary/aromatic N) is 2. The van der Waals surface area contributed by atoms with Gasteiger partial charge in [0.1, 0.15) is 0 Å². The first-order valence-corrected chi connectivity index (χ1v) is 9.29. The topological polar surface area (TPSA) is 37.4 Å². The summed E-state index contributed by atoms with van der Waals surface area (Å²) in [6.07, 6.45) is 1.07. The van der Waals surface area contributed by atoms with Crippen LogP contribution in [0.2, 0.25) is 5.02 Å². The Balaban J connectivity index is 1.67. The number of halogens is 1. The molecule has 4 nitrogen and oxygen atoms in total. The van der Waals surface area contributed by atoms with Gasteiger partial charge >= 0.3 is 0 Å². The first kappa shape index (κ1) is 15.4. The number of hydrogen-bond donors (Lipinski definition) is 1. The van der Waals surface area contributed by atoms with Gasteiger partial charge < -0.3 is 15.0 Å². The molecule has 1 atom stereocenters. The van der Waals surface area contributed by atoms with Gasteiger partial charge in [0.05, 0.1) is 18.9 Å². The highest BCUT2D eigenvalue weighted by atomic mass is 35.5. The number of anilines is 1.